The van der Waals surface area contributed by atoms with Gasteiger partial charge in [0.2, 0.25) is 0 Å². The van der Waals surface area contributed by atoms with E-state index >= 15 is 0 Å². The topological polar surface area (TPSA) is 34.4 Å². The Labute approximate surface area is 130 Å². The minimum atomic E-state index is 0.503. The van der Waals surface area contributed by atoms with E-state index < -0.39 is 0 Å². The van der Waals surface area contributed by atoms with E-state index in [1.807, 2.05) is 24.3 Å². The first-order chi connectivity index (χ1) is 10.9. The maximum Gasteiger partial charge on any atom is 0.124 e. The summed E-state index contributed by atoms with van der Waals surface area (Å²) in [5.41, 5.74) is 1.16. The van der Waals surface area contributed by atoms with E-state index in [1.165, 1.54) is 10.8 Å². The number of ether oxygens (including phenoxy) is 1. The molecule has 0 atom stereocenters. The highest BCUT2D eigenvalue weighted by Gasteiger charge is 2.08. The molecule has 0 fully saturated rings. The van der Waals surface area contributed by atoms with Crippen LogP contribution in [0.4, 0.5) is 0 Å². The van der Waals surface area contributed by atoms with Gasteiger partial charge in [-0.1, -0.05) is 43.0 Å². The molecule has 0 spiro atoms. The molecule has 0 aliphatic rings. The van der Waals surface area contributed by atoms with Crippen molar-refractivity contribution >= 4 is 10.8 Å². The molecule has 0 amide bonds. The van der Waals surface area contributed by atoms with Gasteiger partial charge in [0.25, 0.3) is 0 Å². The average molecular weight is 293 g/mol. The summed E-state index contributed by atoms with van der Waals surface area (Å²) in [4.78, 5) is 0. The zero-order valence-corrected chi connectivity index (χ0v) is 12.4. The Kier molecular flexibility index (Phi) is 4.56. The van der Waals surface area contributed by atoms with Gasteiger partial charge in [0.15, 0.2) is 0 Å². The first-order valence-corrected chi connectivity index (χ1v) is 7.36. The van der Waals surface area contributed by atoms with E-state index in [1.54, 1.807) is 12.3 Å². The van der Waals surface area contributed by atoms with Crippen LogP contribution in [-0.2, 0) is 13.1 Å². The highest BCUT2D eigenvalue weighted by Crippen LogP contribution is 2.28. The number of furan rings is 1. The van der Waals surface area contributed by atoms with Crippen LogP contribution >= 0.6 is 0 Å². The van der Waals surface area contributed by atoms with Crippen LogP contribution in [0.2, 0.25) is 0 Å². The predicted octanol–water partition coefficient (Wildman–Crippen LogP) is 4.29. The average Bonchev–Trinajstić information content (AvgIpc) is 3.07. The Bertz CT molecular complexity index is 747. The van der Waals surface area contributed by atoms with Gasteiger partial charge in [0.1, 0.15) is 18.1 Å². The molecule has 3 rings (SSSR count). The Morgan fingerprint density at radius 2 is 1.95 bits per heavy atom. The van der Waals surface area contributed by atoms with Gasteiger partial charge in [-0.05, 0) is 29.0 Å². The number of rotatable bonds is 7. The summed E-state index contributed by atoms with van der Waals surface area (Å²) in [7, 11) is 0. The van der Waals surface area contributed by atoms with Crippen molar-refractivity contribution in [3.63, 3.8) is 0 Å². The van der Waals surface area contributed by atoms with E-state index in [9.17, 15) is 0 Å². The molecular weight excluding hydrogens is 274 g/mol. The summed E-state index contributed by atoms with van der Waals surface area (Å²) in [6.45, 7) is 5.62. The first-order valence-electron chi connectivity index (χ1n) is 7.36. The first kappa shape index (κ1) is 14.4. The standard InChI is InChI=1S/C19H19NO2/c1-2-11-22-19-10-9-15-6-3-4-8-17(15)18(19)14-20-13-16-7-5-12-21-16/h2-10,12,20H,1,11,13-14H2. The molecule has 1 heterocycles. The van der Waals surface area contributed by atoms with Crippen molar-refractivity contribution in [2.75, 3.05) is 6.61 Å². The fourth-order valence-electron chi connectivity index (χ4n) is 2.51. The van der Waals surface area contributed by atoms with Gasteiger partial charge in [-0.25, -0.2) is 0 Å². The van der Waals surface area contributed by atoms with Crippen LogP contribution in [0, 0.1) is 0 Å². The number of nitrogens with one attached hydrogen (secondary N) is 1. The van der Waals surface area contributed by atoms with Crippen molar-refractivity contribution in [3.8, 4) is 5.75 Å². The van der Waals surface area contributed by atoms with Crippen molar-refractivity contribution in [1.29, 1.82) is 0 Å². The third kappa shape index (κ3) is 3.21. The molecule has 0 aliphatic carbocycles. The Hall–Kier alpha value is -2.52. The van der Waals surface area contributed by atoms with E-state index in [2.05, 4.69) is 36.2 Å². The van der Waals surface area contributed by atoms with Crippen LogP contribution in [0.25, 0.3) is 10.8 Å². The molecule has 22 heavy (non-hydrogen) atoms. The van der Waals surface area contributed by atoms with E-state index in [-0.39, 0.29) is 0 Å². The maximum absolute atomic E-state index is 5.80. The fraction of sp³-hybridized carbons (Fsp3) is 0.158. The van der Waals surface area contributed by atoms with Gasteiger partial charge >= 0.3 is 0 Å². The van der Waals surface area contributed by atoms with E-state index in [4.69, 9.17) is 9.15 Å². The van der Waals surface area contributed by atoms with Crippen LogP contribution < -0.4 is 10.1 Å². The number of fused-ring (bicyclic) bond motifs is 1. The van der Waals surface area contributed by atoms with Crippen molar-refractivity contribution in [2.24, 2.45) is 0 Å². The van der Waals surface area contributed by atoms with Crippen LogP contribution in [0.5, 0.6) is 5.75 Å². The van der Waals surface area contributed by atoms with Crippen molar-refractivity contribution in [3.05, 3.63) is 78.8 Å². The highest BCUT2D eigenvalue weighted by molar-refractivity contribution is 5.87. The van der Waals surface area contributed by atoms with Crippen molar-refractivity contribution in [2.45, 2.75) is 13.1 Å². The second-order valence-electron chi connectivity index (χ2n) is 5.05. The Morgan fingerprint density at radius 1 is 1.05 bits per heavy atom. The zero-order chi connectivity index (χ0) is 15.2. The van der Waals surface area contributed by atoms with Crippen LogP contribution in [-0.4, -0.2) is 6.61 Å². The van der Waals surface area contributed by atoms with Crippen molar-refractivity contribution in [1.82, 2.24) is 5.32 Å². The summed E-state index contributed by atoms with van der Waals surface area (Å²) in [6, 6.07) is 16.3. The number of hydrogen-bond donors (Lipinski definition) is 1. The summed E-state index contributed by atoms with van der Waals surface area (Å²) in [6.07, 6.45) is 3.45. The molecular formula is C19H19NO2. The van der Waals surface area contributed by atoms with Gasteiger partial charge in [-0.2, -0.15) is 0 Å². The van der Waals surface area contributed by atoms with Crippen LogP contribution in [0.1, 0.15) is 11.3 Å². The molecule has 3 heteroatoms. The molecule has 3 nitrogen and oxygen atoms in total. The summed E-state index contributed by atoms with van der Waals surface area (Å²) < 4.78 is 11.1. The smallest absolute Gasteiger partial charge is 0.124 e. The lowest BCUT2D eigenvalue weighted by molar-refractivity contribution is 0.358. The van der Waals surface area contributed by atoms with Gasteiger partial charge in [0, 0.05) is 12.1 Å². The molecule has 2 aromatic carbocycles. The fourth-order valence-corrected chi connectivity index (χ4v) is 2.51. The highest BCUT2D eigenvalue weighted by atomic mass is 16.5. The van der Waals surface area contributed by atoms with Crippen LogP contribution in [0.3, 0.4) is 0 Å². The lowest BCUT2D eigenvalue weighted by Gasteiger charge is -2.14. The number of benzene rings is 2. The van der Waals surface area contributed by atoms with Gasteiger partial charge < -0.3 is 14.5 Å². The van der Waals surface area contributed by atoms with E-state index in [0.29, 0.717) is 19.7 Å². The SMILES string of the molecule is C=CCOc1ccc2ccccc2c1CNCc1ccco1. The van der Waals surface area contributed by atoms with Gasteiger partial charge in [-0.3, -0.25) is 0 Å². The largest absolute Gasteiger partial charge is 0.489 e. The zero-order valence-electron chi connectivity index (χ0n) is 12.4. The number of hydrogen-bond acceptors (Lipinski definition) is 3. The van der Waals surface area contributed by atoms with E-state index in [0.717, 1.165) is 17.1 Å². The maximum atomic E-state index is 5.80. The second-order valence-corrected chi connectivity index (χ2v) is 5.05. The summed E-state index contributed by atoms with van der Waals surface area (Å²) >= 11 is 0. The molecule has 0 aliphatic heterocycles. The molecule has 1 N–H and O–H groups in total. The van der Waals surface area contributed by atoms with Crippen molar-refractivity contribution < 1.29 is 9.15 Å². The molecule has 0 radical (unpaired) electrons. The molecule has 0 saturated carbocycles. The summed E-state index contributed by atoms with van der Waals surface area (Å²) in [5, 5.41) is 5.83. The van der Waals surface area contributed by atoms with Gasteiger partial charge in [0.05, 0.1) is 12.8 Å². The molecule has 0 bridgehead atoms. The predicted molar refractivity (Wildman–Crippen MR) is 88.9 cm³/mol. The molecule has 112 valence electrons. The molecule has 0 unspecified atom stereocenters. The van der Waals surface area contributed by atoms with Crippen LogP contribution in [0.15, 0.2) is 71.9 Å². The molecule has 0 saturated heterocycles. The third-order valence-corrected chi connectivity index (χ3v) is 3.54. The lowest BCUT2D eigenvalue weighted by atomic mass is 10.0. The summed E-state index contributed by atoms with van der Waals surface area (Å²) in [5.74, 6) is 1.82. The van der Waals surface area contributed by atoms with Gasteiger partial charge in [-0.15, -0.1) is 0 Å². The molecule has 1 aromatic heterocycles. The minimum absolute atomic E-state index is 0.503. The minimum Gasteiger partial charge on any atom is -0.489 e. The normalized spacial score (nSPS) is 10.7. The lowest BCUT2D eigenvalue weighted by Crippen LogP contribution is -2.13. The Morgan fingerprint density at radius 3 is 2.77 bits per heavy atom. The molecule has 3 aromatic rings. The monoisotopic (exact) mass is 293 g/mol. The third-order valence-electron chi connectivity index (χ3n) is 3.54. The quantitative estimate of drug-likeness (QED) is 0.660. The Balaban J connectivity index is 1.84. The second kappa shape index (κ2) is 6.96.